The zero-order chi connectivity index (χ0) is 20.7. The summed E-state index contributed by atoms with van der Waals surface area (Å²) >= 11 is 2.98. The third-order valence-electron chi connectivity index (χ3n) is 5.48. The van der Waals surface area contributed by atoms with Crippen molar-refractivity contribution in [3.05, 3.63) is 68.6 Å². The van der Waals surface area contributed by atoms with Crippen molar-refractivity contribution in [1.29, 1.82) is 0 Å². The normalized spacial score (nSPS) is 19.2. The van der Waals surface area contributed by atoms with Crippen LogP contribution in [-0.4, -0.2) is 27.9 Å². The molecule has 8 heteroatoms. The predicted octanol–water partition coefficient (Wildman–Crippen LogP) is 3.89. The van der Waals surface area contributed by atoms with E-state index in [2.05, 4.69) is 11.4 Å². The second-order valence-electron chi connectivity index (χ2n) is 7.43. The van der Waals surface area contributed by atoms with Gasteiger partial charge in [0.05, 0.1) is 11.6 Å². The molecule has 2 aromatic carbocycles. The Balaban J connectivity index is 1.36. The molecule has 0 unspecified atom stereocenters. The van der Waals surface area contributed by atoms with Gasteiger partial charge in [-0.05, 0) is 30.3 Å². The van der Waals surface area contributed by atoms with E-state index in [0.717, 1.165) is 27.0 Å². The molecule has 0 bridgehead atoms. The van der Waals surface area contributed by atoms with E-state index in [0.29, 0.717) is 24.8 Å². The maximum atomic E-state index is 12.8. The van der Waals surface area contributed by atoms with Gasteiger partial charge in [0.2, 0.25) is 5.91 Å². The van der Waals surface area contributed by atoms with E-state index in [-0.39, 0.29) is 28.9 Å². The summed E-state index contributed by atoms with van der Waals surface area (Å²) in [4.78, 5) is 26.2. The van der Waals surface area contributed by atoms with Gasteiger partial charge in [-0.15, -0.1) is 11.8 Å². The molecular weight excluding hydrogens is 420 g/mol. The number of rotatable bonds is 4. The highest BCUT2D eigenvalue weighted by Crippen LogP contribution is 2.50. The Kier molecular flexibility index (Phi) is 5.04. The number of nitrogens with zero attached hydrogens (tertiary/aromatic N) is 1. The molecule has 2 aliphatic rings. The van der Waals surface area contributed by atoms with E-state index in [9.17, 15) is 14.7 Å². The number of carbonyl (C=O) groups is 1. The number of fused-ring (bicyclic) bond motifs is 5. The van der Waals surface area contributed by atoms with E-state index in [1.165, 1.54) is 23.5 Å². The number of benzene rings is 2. The minimum atomic E-state index is -0.164. The number of carbonyl (C=O) groups excluding carboxylic acids is 1. The number of anilines is 1. The molecule has 6 nitrogen and oxygen atoms in total. The van der Waals surface area contributed by atoms with Crippen LogP contribution in [0.4, 0.5) is 5.69 Å². The van der Waals surface area contributed by atoms with Gasteiger partial charge in [-0.3, -0.25) is 14.2 Å². The Bertz CT molecular complexity index is 1150. The lowest BCUT2D eigenvalue weighted by molar-refractivity contribution is -0.116. The Morgan fingerprint density at radius 2 is 2.00 bits per heavy atom. The Labute approximate surface area is 181 Å². The second-order valence-corrected chi connectivity index (χ2v) is 9.43. The van der Waals surface area contributed by atoms with Gasteiger partial charge in [0, 0.05) is 46.7 Å². The molecule has 2 atom stereocenters. The first-order chi connectivity index (χ1) is 14.6. The van der Waals surface area contributed by atoms with E-state index >= 15 is 0 Å². The van der Waals surface area contributed by atoms with Crippen LogP contribution in [0, 0.1) is 5.92 Å². The topological polar surface area (TPSA) is 80.6 Å². The van der Waals surface area contributed by atoms with Crippen molar-refractivity contribution in [3.63, 3.8) is 0 Å². The summed E-state index contributed by atoms with van der Waals surface area (Å²) in [7, 11) is 0. The van der Waals surface area contributed by atoms with Gasteiger partial charge in [-0.1, -0.05) is 29.5 Å². The molecule has 1 aromatic heterocycles. The zero-order valence-electron chi connectivity index (χ0n) is 16.0. The number of ether oxygens (including phenoxy) is 1. The number of hydrogen-bond donors (Lipinski definition) is 2. The quantitative estimate of drug-likeness (QED) is 0.602. The van der Waals surface area contributed by atoms with Gasteiger partial charge in [0.1, 0.15) is 11.5 Å². The highest BCUT2D eigenvalue weighted by molar-refractivity contribution is 7.99. The molecule has 154 valence electrons. The number of thiazole rings is 1. The highest BCUT2D eigenvalue weighted by atomic mass is 32.2. The van der Waals surface area contributed by atoms with Crippen molar-refractivity contribution >= 4 is 34.7 Å². The average molecular weight is 441 g/mol. The maximum Gasteiger partial charge on any atom is 0.308 e. The molecular formula is C22H20N2O4S2. The fourth-order valence-electron chi connectivity index (χ4n) is 4.03. The summed E-state index contributed by atoms with van der Waals surface area (Å²) < 4.78 is 7.67. The van der Waals surface area contributed by atoms with E-state index in [1.54, 1.807) is 28.5 Å². The van der Waals surface area contributed by atoms with Crippen molar-refractivity contribution in [2.24, 2.45) is 5.92 Å². The molecule has 30 heavy (non-hydrogen) atoms. The van der Waals surface area contributed by atoms with Gasteiger partial charge >= 0.3 is 4.87 Å². The van der Waals surface area contributed by atoms with Crippen LogP contribution in [0.3, 0.4) is 0 Å². The van der Waals surface area contributed by atoms with Crippen molar-refractivity contribution in [1.82, 2.24) is 4.57 Å². The number of amides is 1. The predicted molar refractivity (Wildman–Crippen MR) is 118 cm³/mol. The maximum absolute atomic E-state index is 12.8. The van der Waals surface area contributed by atoms with Gasteiger partial charge in [0.25, 0.3) is 0 Å². The van der Waals surface area contributed by atoms with Crippen LogP contribution in [-0.2, 0) is 11.3 Å². The van der Waals surface area contributed by atoms with E-state index in [4.69, 9.17) is 4.74 Å². The van der Waals surface area contributed by atoms with Crippen LogP contribution in [0.1, 0.15) is 22.8 Å². The first-order valence-corrected chi connectivity index (χ1v) is 11.6. The summed E-state index contributed by atoms with van der Waals surface area (Å²) in [6, 6.07) is 14.4. The minimum Gasteiger partial charge on any atom is -0.508 e. The fraction of sp³-hybridized carbons (Fsp3) is 0.273. The number of aromatic nitrogens is 1. The van der Waals surface area contributed by atoms with Gasteiger partial charge < -0.3 is 15.2 Å². The van der Waals surface area contributed by atoms with Crippen molar-refractivity contribution in [3.8, 4) is 11.5 Å². The number of phenols is 1. The number of thioether (sulfide) groups is 1. The molecule has 0 saturated carbocycles. The first kappa shape index (κ1) is 19.3. The van der Waals surface area contributed by atoms with E-state index < -0.39 is 0 Å². The summed E-state index contributed by atoms with van der Waals surface area (Å²) in [6.07, 6.45) is 0.207. The largest absolute Gasteiger partial charge is 0.508 e. The minimum absolute atomic E-state index is 0.0189. The number of para-hydroxylation sites is 1. The summed E-state index contributed by atoms with van der Waals surface area (Å²) in [5.41, 5.74) is 1.77. The van der Waals surface area contributed by atoms with Crippen LogP contribution in [0.2, 0.25) is 0 Å². The molecule has 0 saturated heterocycles. The van der Waals surface area contributed by atoms with Crippen molar-refractivity contribution < 1.29 is 14.6 Å². The highest BCUT2D eigenvalue weighted by Gasteiger charge is 2.39. The third kappa shape index (κ3) is 3.50. The molecule has 0 radical (unpaired) electrons. The first-order valence-electron chi connectivity index (χ1n) is 9.77. The molecule has 0 aliphatic carbocycles. The fourth-order valence-corrected chi connectivity index (χ4v) is 6.77. The Morgan fingerprint density at radius 3 is 2.83 bits per heavy atom. The molecule has 1 amide bonds. The SMILES string of the molecule is O=C(CCn1c2c(sc1=O)[C@@H]1c3ccccc3OC[C@H]1CS2)Nc1ccc(O)cc1. The molecule has 3 aromatic rings. The monoisotopic (exact) mass is 440 g/mol. The van der Waals surface area contributed by atoms with Crippen LogP contribution in [0.15, 0.2) is 58.4 Å². The summed E-state index contributed by atoms with van der Waals surface area (Å²) in [5.74, 6) is 2.30. The number of hydrogen-bond acceptors (Lipinski definition) is 6. The standard InChI is InChI=1S/C22H20N2O4S2/c25-15-7-5-14(6-8-15)23-18(26)9-10-24-21-20(30-22(24)27)19-13(12-29-21)11-28-17-4-2-1-3-16(17)19/h1-8,13,19,25H,9-12H2,(H,23,26)/t13-,19-/m0/s1. The van der Waals surface area contributed by atoms with Crippen LogP contribution in [0.25, 0.3) is 0 Å². The molecule has 2 N–H and O–H groups in total. The number of nitrogens with one attached hydrogen (secondary N) is 1. The molecule has 0 fully saturated rings. The number of aromatic hydroxyl groups is 1. The number of phenolic OH excluding ortho intramolecular Hbond substituents is 1. The van der Waals surface area contributed by atoms with Crippen molar-refractivity contribution in [2.45, 2.75) is 23.9 Å². The van der Waals surface area contributed by atoms with Crippen LogP contribution < -0.4 is 14.9 Å². The lowest BCUT2D eigenvalue weighted by atomic mass is 9.84. The zero-order valence-corrected chi connectivity index (χ0v) is 17.7. The van der Waals surface area contributed by atoms with Crippen LogP contribution in [0.5, 0.6) is 11.5 Å². The molecule has 3 heterocycles. The third-order valence-corrected chi connectivity index (χ3v) is 7.98. The Morgan fingerprint density at radius 1 is 1.20 bits per heavy atom. The van der Waals surface area contributed by atoms with Gasteiger partial charge in [0.15, 0.2) is 0 Å². The van der Waals surface area contributed by atoms with Gasteiger partial charge in [-0.25, -0.2) is 0 Å². The summed E-state index contributed by atoms with van der Waals surface area (Å²) in [6.45, 7) is 1.01. The molecule has 0 spiro atoms. The van der Waals surface area contributed by atoms with Crippen LogP contribution >= 0.6 is 23.1 Å². The van der Waals surface area contributed by atoms with E-state index in [1.807, 2.05) is 18.2 Å². The van der Waals surface area contributed by atoms with Crippen molar-refractivity contribution in [2.75, 3.05) is 17.7 Å². The average Bonchev–Trinajstić information content (AvgIpc) is 3.08. The smallest absolute Gasteiger partial charge is 0.308 e. The Hall–Kier alpha value is -2.71. The molecule has 2 aliphatic heterocycles. The molecule has 5 rings (SSSR count). The lowest BCUT2D eigenvalue weighted by Crippen LogP contribution is -2.31. The lowest BCUT2D eigenvalue weighted by Gasteiger charge is -2.36. The second kappa shape index (κ2) is 7.85. The summed E-state index contributed by atoms with van der Waals surface area (Å²) in [5, 5.41) is 13.1. The van der Waals surface area contributed by atoms with Gasteiger partial charge in [-0.2, -0.15) is 0 Å².